The maximum atomic E-state index is 12.4. The van der Waals surface area contributed by atoms with E-state index in [1.165, 1.54) is 0 Å². The fraction of sp³-hybridized carbons (Fsp3) is 0.333. The number of rotatable bonds is 4. The molecule has 1 aliphatic rings. The Kier molecular flexibility index (Phi) is 5.06. The van der Waals surface area contributed by atoms with E-state index in [0.29, 0.717) is 17.1 Å². The Morgan fingerprint density at radius 1 is 1.35 bits per heavy atom. The molecule has 5 heteroatoms. The van der Waals surface area contributed by atoms with Crippen LogP contribution >= 0.6 is 11.6 Å². The second-order valence-electron chi connectivity index (χ2n) is 5.73. The summed E-state index contributed by atoms with van der Waals surface area (Å²) in [6.07, 6.45) is 0.444. The number of ether oxygens (including phenoxy) is 1. The number of carbonyl (C=O) groups excluding carboxylic acids is 1. The third kappa shape index (κ3) is 4.16. The summed E-state index contributed by atoms with van der Waals surface area (Å²) in [5.74, 6) is 0.0423. The summed E-state index contributed by atoms with van der Waals surface area (Å²) in [5.41, 5.74) is 3.47. The molecule has 0 amide bonds. The molecule has 2 aromatic rings. The van der Waals surface area contributed by atoms with Crippen LogP contribution in [-0.2, 0) is 11.2 Å². The van der Waals surface area contributed by atoms with Gasteiger partial charge in [0, 0.05) is 30.8 Å². The number of pyridine rings is 1. The van der Waals surface area contributed by atoms with Gasteiger partial charge in [0.15, 0.2) is 5.78 Å². The van der Waals surface area contributed by atoms with E-state index in [-0.39, 0.29) is 11.9 Å². The summed E-state index contributed by atoms with van der Waals surface area (Å²) in [5, 5.41) is 3.67. The van der Waals surface area contributed by atoms with Crippen LogP contribution < -0.4 is 5.32 Å². The van der Waals surface area contributed by atoms with Crippen LogP contribution in [0.1, 0.15) is 33.3 Å². The van der Waals surface area contributed by atoms with Gasteiger partial charge in [-0.2, -0.15) is 0 Å². The van der Waals surface area contributed by atoms with E-state index in [4.69, 9.17) is 16.3 Å². The molecule has 0 unspecified atom stereocenters. The molecule has 1 fully saturated rings. The Morgan fingerprint density at radius 2 is 2.13 bits per heavy atom. The van der Waals surface area contributed by atoms with Crippen LogP contribution in [0.15, 0.2) is 36.4 Å². The van der Waals surface area contributed by atoms with Crippen molar-refractivity contribution in [3.63, 3.8) is 0 Å². The topological polar surface area (TPSA) is 51.2 Å². The highest BCUT2D eigenvalue weighted by molar-refractivity contribution is 6.29. The number of hydrogen-bond acceptors (Lipinski definition) is 4. The van der Waals surface area contributed by atoms with E-state index in [1.54, 1.807) is 12.1 Å². The fourth-order valence-electron chi connectivity index (χ4n) is 2.71. The number of aromatic nitrogens is 1. The van der Waals surface area contributed by atoms with Crippen molar-refractivity contribution in [2.24, 2.45) is 0 Å². The Labute approximate surface area is 140 Å². The average Bonchev–Trinajstić information content (AvgIpc) is 2.55. The van der Waals surface area contributed by atoms with Crippen molar-refractivity contribution in [1.29, 1.82) is 0 Å². The second kappa shape index (κ2) is 7.21. The normalized spacial score (nSPS) is 17.9. The van der Waals surface area contributed by atoms with E-state index in [2.05, 4.69) is 10.3 Å². The first-order valence-electron chi connectivity index (χ1n) is 7.70. The number of morpholine rings is 1. The number of benzene rings is 1. The molecule has 1 atom stereocenters. The number of carbonyl (C=O) groups is 1. The first-order valence-corrected chi connectivity index (χ1v) is 8.08. The van der Waals surface area contributed by atoms with Gasteiger partial charge in [-0.25, -0.2) is 4.98 Å². The minimum absolute atomic E-state index is 0.0423. The second-order valence-corrected chi connectivity index (χ2v) is 6.11. The Morgan fingerprint density at radius 3 is 2.78 bits per heavy atom. The first kappa shape index (κ1) is 16.1. The monoisotopic (exact) mass is 330 g/mol. The van der Waals surface area contributed by atoms with Crippen LogP contribution in [0.3, 0.4) is 0 Å². The van der Waals surface area contributed by atoms with Crippen molar-refractivity contribution in [2.75, 3.05) is 19.7 Å². The molecule has 0 bridgehead atoms. The van der Waals surface area contributed by atoms with Gasteiger partial charge in [0.05, 0.1) is 12.7 Å². The molecule has 1 aliphatic heterocycles. The van der Waals surface area contributed by atoms with Gasteiger partial charge in [0.2, 0.25) is 0 Å². The number of nitrogens with zero attached hydrogens (tertiary/aromatic N) is 1. The lowest BCUT2D eigenvalue weighted by atomic mass is 10.0. The Hall–Kier alpha value is -1.75. The molecule has 23 heavy (non-hydrogen) atoms. The summed E-state index contributed by atoms with van der Waals surface area (Å²) >= 11 is 5.92. The van der Waals surface area contributed by atoms with Crippen molar-refractivity contribution in [3.8, 4) is 0 Å². The molecule has 120 valence electrons. The molecule has 0 radical (unpaired) electrons. The van der Waals surface area contributed by atoms with E-state index >= 15 is 0 Å². The maximum absolute atomic E-state index is 12.4. The zero-order valence-electron chi connectivity index (χ0n) is 13.0. The zero-order chi connectivity index (χ0) is 16.2. The van der Waals surface area contributed by atoms with E-state index < -0.39 is 0 Å². The van der Waals surface area contributed by atoms with Crippen LogP contribution in [0.2, 0.25) is 5.15 Å². The van der Waals surface area contributed by atoms with Gasteiger partial charge in [-0.05, 0) is 30.2 Å². The van der Waals surface area contributed by atoms with Crippen LogP contribution in [0.5, 0.6) is 0 Å². The minimum atomic E-state index is 0.0423. The molecule has 0 aliphatic carbocycles. The highest BCUT2D eigenvalue weighted by atomic mass is 35.5. The predicted molar refractivity (Wildman–Crippen MR) is 90.0 cm³/mol. The summed E-state index contributed by atoms with van der Waals surface area (Å²) in [6, 6.07) is 11.4. The van der Waals surface area contributed by atoms with E-state index in [9.17, 15) is 4.79 Å². The SMILES string of the molecule is Cc1cc(C(=O)Cc2ccc([C@H]3CNCCO3)cc2)cc(Cl)n1. The summed E-state index contributed by atoms with van der Waals surface area (Å²) in [7, 11) is 0. The lowest BCUT2D eigenvalue weighted by Crippen LogP contribution is -2.33. The number of hydrogen-bond donors (Lipinski definition) is 1. The van der Waals surface area contributed by atoms with Gasteiger partial charge < -0.3 is 10.1 Å². The van der Waals surface area contributed by atoms with Crippen LogP contribution in [0.25, 0.3) is 0 Å². The van der Waals surface area contributed by atoms with Crippen LogP contribution in [0, 0.1) is 6.92 Å². The third-order valence-electron chi connectivity index (χ3n) is 3.89. The molecule has 3 rings (SSSR count). The number of halogens is 1. The van der Waals surface area contributed by atoms with Gasteiger partial charge in [-0.1, -0.05) is 35.9 Å². The quantitative estimate of drug-likeness (QED) is 0.691. The van der Waals surface area contributed by atoms with Crippen molar-refractivity contribution >= 4 is 17.4 Å². The van der Waals surface area contributed by atoms with Gasteiger partial charge in [-0.3, -0.25) is 4.79 Å². The van der Waals surface area contributed by atoms with Crippen molar-refractivity contribution in [1.82, 2.24) is 10.3 Å². The summed E-state index contributed by atoms with van der Waals surface area (Å²) < 4.78 is 5.73. The lowest BCUT2D eigenvalue weighted by molar-refractivity contribution is 0.0277. The van der Waals surface area contributed by atoms with Crippen molar-refractivity contribution < 1.29 is 9.53 Å². The highest BCUT2D eigenvalue weighted by Crippen LogP contribution is 2.20. The van der Waals surface area contributed by atoms with Gasteiger partial charge in [-0.15, -0.1) is 0 Å². The lowest BCUT2D eigenvalue weighted by Gasteiger charge is -2.24. The molecule has 4 nitrogen and oxygen atoms in total. The van der Waals surface area contributed by atoms with Gasteiger partial charge in [0.1, 0.15) is 5.15 Å². The fourth-order valence-corrected chi connectivity index (χ4v) is 2.96. The Balaban J connectivity index is 1.68. The third-order valence-corrected chi connectivity index (χ3v) is 4.08. The average molecular weight is 331 g/mol. The smallest absolute Gasteiger partial charge is 0.167 e. The predicted octanol–water partition coefficient (Wildman–Crippen LogP) is 3.13. The van der Waals surface area contributed by atoms with Crippen LogP contribution in [0.4, 0.5) is 0 Å². The summed E-state index contributed by atoms with van der Waals surface area (Å²) in [6.45, 7) is 4.28. The molecule has 1 aromatic heterocycles. The summed E-state index contributed by atoms with van der Waals surface area (Å²) in [4.78, 5) is 16.5. The number of nitrogens with one attached hydrogen (secondary N) is 1. The Bertz CT molecular complexity index is 674. The molecule has 1 aromatic carbocycles. The van der Waals surface area contributed by atoms with E-state index in [1.807, 2.05) is 31.2 Å². The number of aryl methyl sites for hydroxylation is 1. The molecule has 0 saturated carbocycles. The van der Waals surface area contributed by atoms with Gasteiger partial charge >= 0.3 is 0 Å². The van der Waals surface area contributed by atoms with Crippen LogP contribution in [-0.4, -0.2) is 30.5 Å². The maximum Gasteiger partial charge on any atom is 0.167 e. The first-order chi connectivity index (χ1) is 11.1. The molecule has 1 N–H and O–H groups in total. The molecule has 1 saturated heterocycles. The van der Waals surface area contributed by atoms with E-state index in [0.717, 1.165) is 36.5 Å². The molecule has 0 spiro atoms. The van der Waals surface area contributed by atoms with Crippen molar-refractivity contribution in [3.05, 3.63) is 63.9 Å². The zero-order valence-corrected chi connectivity index (χ0v) is 13.8. The van der Waals surface area contributed by atoms with Crippen molar-refractivity contribution in [2.45, 2.75) is 19.4 Å². The molecular formula is C18H19ClN2O2. The molecular weight excluding hydrogens is 312 g/mol. The largest absolute Gasteiger partial charge is 0.371 e. The highest BCUT2D eigenvalue weighted by Gasteiger charge is 2.16. The standard InChI is InChI=1S/C18H19ClN2O2/c1-12-8-15(10-18(19)21-12)16(22)9-13-2-4-14(5-3-13)17-11-20-6-7-23-17/h2-5,8,10,17,20H,6-7,9,11H2,1H3/t17-/m1/s1. The minimum Gasteiger partial charge on any atom is -0.371 e. The number of Topliss-reactive ketones (excluding diaryl/α,β-unsaturated/α-hetero) is 1. The van der Waals surface area contributed by atoms with Gasteiger partial charge in [0.25, 0.3) is 0 Å². The number of ketones is 1. The molecule has 2 heterocycles.